The second-order valence-corrected chi connectivity index (χ2v) is 5.46. The molecule has 0 radical (unpaired) electrons. The van der Waals surface area contributed by atoms with Crippen molar-refractivity contribution in [2.24, 2.45) is 5.92 Å². The molecule has 0 aromatic heterocycles. The summed E-state index contributed by atoms with van der Waals surface area (Å²) in [6.45, 7) is 6.95. The number of ether oxygens (including phenoxy) is 1. The zero-order valence-electron chi connectivity index (χ0n) is 12.2. The van der Waals surface area contributed by atoms with E-state index in [9.17, 15) is 20.3 Å². The number of nitro groups is 1. The molecule has 1 rings (SSSR count). The average molecular weight is 283 g/mol. The first-order valence-corrected chi connectivity index (χ1v) is 6.46. The molecule has 0 bridgehead atoms. The third-order valence-corrected chi connectivity index (χ3v) is 3.42. The topological polar surface area (TPSA) is 92.8 Å². The van der Waals surface area contributed by atoms with Gasteiger partial charge in [-0.15, -0.1) is 0 Å². The Hall–Kier alpha value is -1.66. The SMILES string of the molecule is CC(C)C(C)(O)COc1ccc([N+](=O)[O-])cc1[C@@H](C)O. The Labute approximate surface area is 118 Å². The normalized spacial score (nSPS) is 15.8. The monoisotopic (exact) mass is 283 g/mol. The maximum Gasteiger partial charge on any atom is 0.270 e. The smallest absolute Gasteiger partial charge is 0.270 e. The second kappa shape index (κ2) is 6.19. The number of non-ortho nitro benzene ring substituents is 1. The molecule has 1 aromatic rings. The first kappa shape index (κ1) is 16.4. The van der Waals surface area contributed by atoms with Crippen LogP contribution in [0.2, 0.25) is 0 Å². The lowest BCUT2D eigenvalue weighted by Crippen LogP contribution is -2.38. The van der Waals surface area contributed by atoms with E-state index in [4.69, 9.17) is 4.74 Å². The third kappa shape index (κ3) is 3.91. The van der Waals surface area contributed by atoms with Gasteiger partial charge in [-0.1, -0.05) is 13.8 Å². The van der Waals surface area contributed by atoms with Gasteiger partial charge in [-0.3, -0.25) is 10.1 Å². The van der Waals surface area contributed by atoms with E-state index < -0.39 is 16.6 Å². The van der Waals surface area contributed by atoms with Crippen LogP contribution in [0.3, 0.4) is 0 Å². The molecular formula is C14H21NO5. The molecule has 0 fully saturated rings. The summed E-state index contributed by atoms with van der Waals surface area (Å²) in [6, 6.07) is 4.03. The molecule has 0 saturated carbocycles. The summed E-state index contributed by atoms with van der Waals surface area (Å²) in [5.41, 5.74) is -0.791. The molecule has 1 unspecified atom stereocenters. The Morgan fingerprint density at radius 1 is 1.40 bits per heavy atom. The first-order valence-electron chi connectivity index (χ1n) is 6.46. The van der Waals surface area contributed by atoms with Crippen LogP contribution in [0.25, 0.3) is 0 Å². The van der Waals surface area contributed by atoms with E-state index in [-0.39, 0.29) is 18.2 Å². The maximum absolute atomic E-state index is 10.7. The highest BCUT2D eigenvalue weighted by atomic mass is 16.6. The van der Waals surface area contributed by atoms with Gasteiger partial charge in [0.2, 0.25) is 0 Å². The van der Waals surface area contributed by atoms with Gasteiger partial charge in [-0.2, -0.15) is 0 Å². The quantitative estimate of drug-likeness (QED) is 0.618. The Kier molecular flexibility index (Phi) is 5.08. The molecule has 2 atom stereocenters. The largest absolute Gasteiger partial charge is 0.490 e. The van der Waals surface area contributed by atoms with Crippen molar-refractivity contribution in [3.63, 3.8) is 0 Å². The van der Waals surface area contributed by atoms with Crippen LogP contribution in [0.5, 0.6) is 5.75 Å². The predicted octanol–water partition coefficient (Wildman–Crippen LogP) is 2.43. The molecule has 0 aliphatic rings. The van der Waals surface area contributed by atoms with E-state index >= 15 is 0 Å². The summed E-state index contributed by atoms with van der Waals surface area (Å²) in [6.07, 6.45) is -0.895. The van der Waals surface area contributed by atoms with E-state index in [0.29, 0.717) is 11.3 Å². The number of benzene rings is 1. The second-order valence-electron chi connectivity index (χ2n) is 5.46. The van der Waals surface area contributed by atoms with Crippen molar-refractivity contribution in [3.8, 4) is 5.75 Å². The van der Waals surface area contributed by atoms with Gasteiger partial charge >= 0.3 is 0 Å². The molecule has 6 heteroatoms. The van der Waals surface area contributed by atoms with Gasteiger partial charge in [-0.25, -0.2) is 0 Å². The van der Waals surface area contributed by atoms with E-state index in [1.165, 1.54) is 25.1 Å². The van der Waals surface area contributed by atoms with Crippen LogP contribution in [-0.4, -0.2) is 27.3 Å². The van der Waals surface area contributed by atoms with E-state index in [0.717, 1.165) is 0 Å². The number of aliphatic hydroxyl groups excluding tert-OH is 1. The molecular weight excluding hydrogens is 262 g/mol. The zero-order valence-corrected chi connectivity index (χ0v) is 12.2. The highest BCUT2D eigenvalue weighted by Crippen LogP contribution is 2.30. The van der Waals surface area contributed by atoms with Gasteiger partial charge in [0.05, 0.1) is 16.6 Å². The van der Waals surface area contributed by atoms with Crippen molar-refractivity contribution in [2.75, 3.05) is 6.61 Å². The lowest BCUT2D eigenvalue weighted by Gasteiger charge is -2.28. The molecule has 0 spiro atoms. The van der Waals surface area contributed by atoms with Gasteiger partial charge in [0.25, 0.3) is 5.69 Å². The van der Waals surface area contributed by atoms with Crippen LogP contribution in [0.1, 0.15) is 39.4 Å². The van der Waals surface area contributed by atoms with Crippen LogP contribution in [0, 0.1) is 16.0 Å². The molecule has 1 aromatic carbocycles. The number of nitro benzene ring substituents is 1. The Morgan fingerprint density at radius 2 is 2.00 bits per heavy atom. The van der Waals surface area contributed by atoms with Crippen LogP contribution in [0.15, 0.2) is 18.2 Å². The van der Waals surface area contributed by atoms with Gasteiger partial charge in [0.15, 0.2) is 0 Å². The van der Waals surface area contributed by atoms with Crippen molar-refractivity contribution in [3.05, 3.63) is 33.9 Å². The molecule has 112 valence electrons. The van der Waals surface area contributed by atoms with Gasteiger partial charge < -0.3 is 14.9 Å². The van der Waals surface area contributed by atoms with Crippen molar-refractivity contribution >= 4 is 5.69 Å². The molecule has 0 aliphatic carbocycles. The van der Waals surface area contributed by atoms with Crippen molar-refractivity contribution in [1.82, 2.24) is 0 Å². The van der Waals surface area contributed by atoms with Crippen molar-refractivity contribution in [2.45, 2.75) is 39.4 Å². The summed E-state index contributed by atoms with van der Waals surface area (Å²) in [5, 5.41) is 30.6. The van der Waals surface area contributed by atoms with E-state index in [1.807, 2.05) is 13.8 Å². The molecule has 0 aliphatic heterocycles. The number of hydrogen-bond donors (Lipinski definition) is 2. The van der Waals surface area contributed by atoms with E-state index in [1.54, 1.807) is 6.92 Å². The number of hydrogen-bond acceptors (Lipinski definition) is 5. The van der Waals surface area contributed by atoms with Crippen molar-refractivity contribution in [1.29, 1.82) is 0 Å². The molecule has 0 saturated heterocycles. The summed E-state index contributed by atoms with van der Waals surface area (Å²) < 4.78 is 5.53. The first-order chi connectivity index (χ1) is 9.15. The van der Waals surface area contributed by atoms with Gasteiger partial charge in [0, 0.05) is 17.7 Å². The zero-order chi connectivity index (χ0) is 15.5. The lowest BCUT2D eigenvalue weighted by atomic mass is 9.94. The Balaban J connectivity index is 2.98. The standard InChI is InChI=1S/C14H21NO5/c1-9(2)14(4,17)8-20-13-6-5-11(15(18)19)7-12(13)10(3)16/h5-7,9-10,16-17H,8H2,1-4H3/t10-,14?/m1/s1. The molecule has 20 heavy (non-hydrogen) atoms. The minimum atomic E-state index is -1.02. The fourth-order valence-electron chi connectivity index (χ4n) is 1.50. The maximum atomic E-state index is 10.7. The number of rotatable bonds is 6. The van der Waals surface area contributed by atoms with Crippen molar-refractivity contribution < 1.29 is 19.9 Å². The minimum Gasteiger partial charge on any atom is -0.490 e. The summed E-state index contributed by atoms with van der Waals surface area (Å²) >= 11 is 0. The van der Waals surface area contributed by atoms with Crippen LogP contribution >= 0.6 is 0 Å². The molecule has 0 amide bonds. The fourth-order valence-corrected chi connectivity index (χ4v) is 1.50. The van der Waals surface area contributed by atoms with Gasteiger partial charge in [0.1, 0.15) is 12.4 Å². The fraction of sp³-hybridized carbons (Fsp3) is 0.571. The minimum absolute atomic E-state index is 0.00412. The third-order valence-electron chi connectivity index (χ3n) is 3.42. The highest BCUT2D eigenvalue weighted by Gasteiger charge is 2.26. The summed E-state index contributed by atoms with van der Waals surface area (Å²) in [7, 11) is 0. The highest BCUT2D eigenvalue weighted by molar-refractivity contribution is 5.44. The Morgan fingerprint density at radius 3 is 2.45 bits per heavy atom. The summed E-state index contributed by atoms with van der Waals surface area (Å²) in [4.78, 5) is 10.2. The predicted molar refractivity (Wildman–Crippen MR) is 74.7 cm³/mol. The Bertz CT molecular complexity index is 482. The molecule has 0 heterocycles. The van der Waals surface area contributed by atoms with E-state index in [2.05, 4.69) is 0 Å². The number of nitrogens with zero attached hydrogens (tertiary/aromatic N) is 1. The molecule has 2 N–H and O–H groups in total. The van der Waals surface area contributed by atoms with Gasteiger partial charge in [-0.05, 0) is 25.8 Å². The lowest BCUT2D eigenvalue weighted by molar-refractivity contribution is -0.385. The average Bonchev–Trinajstić information content (AvgIpc) is 2.35. The number of aliphatic hydroxyl groups is 2. The van der Waals surface area contributed by atoms with Crippen LogP contribution < -0.4 is 4.74 Å². The van der Waals surface area contributed by atoms with Crippen LogP contribution in [0.4, 0.5) is 5.69 Å². The molecule has 6 nitrogen and oxygen atoms in total. The van der Waals surface area contributed by atoms with Crippen LogP contribution in [-0.2, 0) is 0 Å². The summed E-state index contributed by atoms with van der Waals surface area (Å²) in [5.74, 6) is 0.335.